The number of alkyl halides is 3. The van der Waals surface area contributed by atoms with E-state index in [0.29, 0.717) is 27.4 Å². The van der Waals surface area contributed by atoms with Crippen LogP contribution in [0.15, 0.2) is 53.7 Å². The first-order valence-electron chi connectivity index (χ1n) is 9.39. The van der Waals surface area contributed by atoms with Crippen LogP contribution in [0.1, 0.15) is 23.1 Å². The molecule has 0 aliphatic heterocycles. The van der Waals surface area contributed by atoms with Gasteiger partial charge < -0.3 is 21.2 Å². The molecule has 1 aromatic heterocycles. The Hall–Kier alpha value is -3.74. The van der Waals surface area contributed by atoms with E-state index in [-0.39, 0.29) is 11.1 Å². The second-order valence-corrected chi connectivity index (χ2v) is 7.96. The van der Waals surface area contributed by atoms with Crippen LogP contribution in [0, 0.1) is 0 Å². The second kappa shape index (κ2) is 9.81. The first-order valence-corrected chi connectivity index (χ1v) is 10.3. The smallest absolute Gasteiger partial charge is 0.453 e. The number of para-hydroxylation sites is 2. The number of thioether (sulfide) groups is 1. The summed E-state index contributed by atoms with van der Waals surface area (Å²) < 4.78 is 43.8. The Kier molecular flexibility index (Phi) is 7.11. The van der Waals surface area contributed by atoms with Gasteiger partial charge in [-0.3, -0.25) is 9.59 Å². The lowest BCUT2D eigenvalue weighted by Crippen LogP contribution is -2.25. The standard InChI is InChI=1S/C20H19F3N6O3S/c1-11(33-19-28-27-18(29(19)24)20(21,22)23)16(30)25-13-9-7-12(8-10-13)17(31)26-14-5-3-4-6-15(14)32-2/h3-11H,24H2,1-2H3,(H,25,30)(H,26,31). The lowest BCUT2D eigenvalue weighted by molar-refractivity contribution is -0.146. The third-order valence-electron chi connectivity index (χ3n) is 4.34. The number of aromatic nitrogens is 3. The summed E-state index contributed by atoms with van der Waals surface area (Å²) in [7, 11) is 1.49. The van der Waals surface area contributed by atoms with Gasteiger partial charge in [-0.1, -0.05) is 23.9 Å². The molecule has 3 rings (SSSR count). The summed E-state index contributed by atoms with van der Waals surface area (Å²) in [6, 6.07) is 13.0. The predicted molar refractivity (Wildman–Crippen MR) is 117 cm³/mol. The lowest BCUT2D eigenvalue weighted by atomic mass is 10.2. The molecule has 0 saturated carbocycles. The van der Waals surface area contributed by atoms with Gasteiger partial charge >= 0.3 is 6.18 Å². The molecule has 1 unspecified atom stereocenters. The van der Waals surface area contributed by atoms with Gasteiger partial charge in [-0.25, -0.2) is 4.68 Å². The molecule has 0 radical (unpaired) electrons. The van der Waals surface area contributed by atoms with Crippen molar-refractivity contribution in [3.05, 3.63) is 59.9 Å². The Labute approximate surface area is 190 Å². The van der Waals surface area contributed by atoms with Gasteiger partial charge in [0, 0.05) is 11.3 Å². The van der Waals surface area contributed by atoms with Crippen molar-refractivity contribution in [3.63, 3.8) is 0 Å². The number of halogens is 3. The monoisotopic (exact) mass is 480 g/mol. The number of rotatable bonds is 7. The van der Waals surface area contributed by atoms with Crippen molar-refractivity contribution in [2.75, 3.05) is 23.6 Å². The van der Waals surface area contributed by atoms with E-state index in [1.165, 1.54) is 38.3 Å². The molecule has 9 nitrogen and oxygen atoms in total. The van der Waals surface area contributed by atoms with Crippen LogP contribution >= 0.6 is 11.8 Å². The van der Waals surface area contributed by atoms with Crippen LogP contribution in [0.5, 0.6) is 5.75 Å². The minimum absolute atomic E-state index is 0.256. The summed E-state index contributed by atoms with van der Waals surface area (Å²) in [5.74, 6) is 3.66. The first kappa shape index (κ1) is 23.9. The molecule has 2 aromatic carbocycles. The number of nitrogens with zero attached hydrogens (tertiary/aromatic N) is 3. The maximum atomic E-state index is 12.8. The topological polar surface area (TPSA) is 124 Å². The predicted octanol–water partition coefficient (Wildman–Crippen LogP) is 3.39. The Morgan fingerprint density at radius 1 is 1.09 bits per heavy atom. The zero-order valence-electron chi connectivity index (χ0n) is 17.4. The van der Waals surface area contributed by atoms with Gasteiger partial charge in [0.05, 0.1) is 18.0 Å². The molecule has 13 heteroatoms. The molecule has 1 heterocycles. The van der Waals surface area contributed by atoms with E-state index in [9.17, 15) is 22.8 Å². The number of carbonyl (C=O) groups excluding carboxylic acids is 2. The van der Waals surface area contributed by atoms with Crippen LogP contribution in [0.25, 0.3) is 0 Å². The number of hydrogen-bond acceptors (Lipinski definition) is 7. The zero-order valence-corrected chi connectivity index (χ0v) is 18.2. The van der Waals surface area contributed by atoms with E-state index in [2.05, 4.69) is 20.8 Å². The lowest BCUT2D eigenvalue weighted by Gasteiger charge is -2.13. The van der Waals surface area contributed by atoms with Gasteiger partial charge in [0.15, 0.2) is 0 Å². The van der Waals surface area contributed by atoms with E-state index in [1.54, 1.807) is 24.3 Å². The summed E-state index contributed by atoms with van der Waals surface area (Å²) in [6.45, 7) is 1.48. The maximum absolute atomic E-state index is 12.8. The quantitative estimate of drug-likeness (QED) is 0.350. The number of ether oxygens (including phenoxy) is 1. The van der Waals surface area contributed by atoms with Crippen LogP contribution in [-0.4, -0.2) is 39.0 Å². The van der Waals surface area contributed by atoms with Crippen molar-refractivity contribution in [2.45, 2.75) is 23.5 Å². The number of nitrogens with two attached hydrogens (primary N) is 1. The highest BCUT2D eigenvalue weighted by atomic mass is 32.2. The number of nitrogens with one attached hydrogen (secondary N) is 2. The molecule has 0 saturated heterocycles. The number of methoxy groups -OCH3 is 1. The highest BCUT2D eigenvalue weighted by molar-refractivity contribution is 8.00. The number of anilines is 2. The van der Waals surface area contributed by atoms with E-state index in [1.807, 2.05) is 0 Å². The molecule has 2 amide bonds. The average Bonchev–Trinajstić information content (AvgIpc) is 3.15. The highest BCUT2D eigenvalue weighted by Gasteiger charge is 2.38. The van der Waals surface area contributed by atoms with Gasteiger partial charge in [0.2, 0.25) is 11.1 Å². The zero-order chi connectivity index (χ0) is 24.2. The SMILES string of the molecule is COc1ccccc1NC(=O)c1ccc(NC(=O)C(C)Sc2nnc(C(F)(F)F)n2N)cc1. The molecule has 1 atom stereocenters. The fourth-order valence-corrected chi connectivity index (χ4v) is 3.42. The third kappa shape index (κ3) is 5.74. The second-order valence-electron chi connectivity index (χ2n) is 6.66. The van der Waals surface area contributed by atoms with Crippen LogP contribution in [0.3, 0.4) is 0 Å². The van der Waals surface area contributed by atoms with Crippen molar-refractivity contribution < 1.29 is 27.5 Å². The number of carbonyl (C=O) groups is 2. The maximum Gasteiger partial charge on any atom is 0.453 e. The molecular formula is C20H19F3N6O3S. The normalized spacial score (nSPS) is 12.2. The Morgan fingerprint density at radius 3 is 2.36 bits per heavy atom. The molecule has 0 aliphatic rings. The number of hydrogen-bond donors (Lipinski definition) is 3. The molecule has 0 bridgehead atoms. The van der Waals surface area contributed by atoms with Gasteiger partial charge in [-0.05, 0) is 43.3 Å². The molecule has 3 aromatic rings. The van der Waals surface area contributed by atoms with E-state index < -0.39 is 23.2 Å². The van der Waals surface area contributed by atoms with Crippen molar-refractivity contribution in [2.24, 2.45) is 0 Å². The minimum atomic E-state index is -4.76. The molecule has 4 N–H and O–H groups in total. The summed E-state index contributed by atoms with van der Waals surface area (Å²) >= 11 is 0.724. The Bertz CT molecular complexity index is 1150. The van der Waals surface area contributed by atoms with Gasteiger partial charge in [0.1, 0.15) is 5.75 Å². The molecule has 33 heavy (non-hydrogen) atoms. The van der Waals surface area contributed by atoms with Crippen LogP contribution in [0.4, 0.5) is 24.5 Å². The summed E-state index contributed by atoms with van der Waals surface area (Å²) in [5.41, 5.74) is 1.25. The summed E-state index contributed by atoms with van der Waals surface area (Å²) in [5, 5.41) is 10.7. The van der Waals surface area contributed by atoms with Gasteiger partial charge in [-0.2, -0.15) is 13.2 Å². The van der Waals surface area contributed by atoms with Crippen molar-refractivity contribution >= 4 is 35.0 Å². The van der Waals surface area contributed by atoms with Crippen LogP contribution in [-0.2, 0) is 11.0 Å². The molecule has 0 fully saturated rings. The number of amides is 2. The number of benzene rings is 2. The van der Waals surface area contributed by atoms with Gasteiger partial charge in [0.25, 0.3) is 11.7 Å². The Morgan fingerprint density at radius 2 is 1.76 bits per heavy atom. The Balaban J connectivity index is 1.60. The average molecular weight is 480 g/mol. The van der Waals surface area contributed by atoms with Crippen molar-refractivity contribution in [3.8, 4) is 5.75 Å². The summed E-state index contributed by atoms with van der Waals surface area (Å²) in [4.78, 5) is 24.9. The van der Waals surface area contributed by atoms with Gasteiger partial charge in [-0.15, -0.1) is 10.2 Å². The largest absolute Gasteiger partial charge is 0.495 e. The van der Waals surface area contributed by atoms with Crippen LogP contribution in [0.2, 0.25) is 0 Å². The van der Waals surface area contributed by atoms with E-state index in [4.69, 9.17) is 10.6 Å². The number of nitrogen functional groups attached to an aromatic ring is 1. The molecular weight excluding hydrogens is 461 g/mol. The fourth-order valence-electron chi connectivity index (χ4n) is 2.65. The van der Waals surface area contributed by atoms with Crippen molar-refractivity contribution in [1.82, 2.24) is 14.9 Å². The highest BCUT2D eigenvalue weighted by Crippen LogP contribution is 2.30. The first-order chi connectivity index (χ1) is 15.6. The van der Waals surface area contributed by atoms with E-state index >= 15 is 0 Å². The third-order valence-corrected chi connectivity index (χ3v) is 5.40. The summed E-state index contributed by atoms with van der Waals surface area (Å²) in [6.07, 6.45) is -4.76. The molecule has 0 aliphatic carbocycles. The van der Waals surface area contributed by atoms with Crippen LogP contribution < -0.4 is 21.2 Å². The molecule has 0 spiro atoms. The van der Waals surface area contributed by atoms with E-state index in [0.717, 1.165) is 11.8 Å². The van der Waals surface area contributed by atoms with Crippen molar-refractivity contribution in [1.29, 1.82) is 0 Å². The fraction of sp³-hybridized carbons (Fsp3) is 0.200. The molecule has 174 valence electrons. The minimum Gasteiger partial charge on any atom is -0.495 e.